The van der Waals surface area contributed by atoms with E-state index in [1.54, 1.807) is 58.7 Å². The molecule has 0 aliphatic carbocycles. The van der Waals surface area contributed by atoms with Crippen molar-refractivity contribution in [3.05, 3.63) is 176 Å². The molecule has 0 spiro atoms. The van der Waals surface area contributed by atoms with Gasteiger partial charge in [0.2, 0.25) is 5.91 Å². The maximum Gasteiger partial charge on any atom is 0.270 e. The van der Waals surface area contributed by atoms with Crippen molar-refractivity contribution in [1.29, 1.82) is 10.5 Å². The number of benzene rings is 3. The smallest absolute Gasteiger partial charge is 0.270 e. The minimum Gasteiger partial charge on any atom is -0.360 e. The molecule has 1 amide bonds. The molecule has 1 aliphatic heterocycles. The average molecular weight is 790 g/mol. The summed E-state index contributed by atoms with van der Waals surface area (Å²) in [6.45, 7) is 4.86. The van der Waals surface area contributed by atoms with E-state index in [1.165, 1.54) is 23.1 Å². The van der Waals surface area contributed by atoms with Gasteiger partial charge in [0.25, 0.3) is 5.56 Å². The highest BCUT2D eigenvalue weighted by molar-refractivity contribution is 8.04. The fourth-order valence-corrected chi connectivity index (χ4v) is 7.48. The first-order chi connectivity index (χ1) is 28.0. The number of nitriles is 2. The zero-order chi connectivity index (χ0) is 40.2. The summed E-state index contributed by atoms with van der Waals surface area (Å²) in [5.41, 5.74) is 4.83. The Morgan fingerprint density at radius 3 is 1.81 bits per heavy atom. The number of thiazole rings is 1. The molecular formula is C44H39N9O2S2. The van der Waals surface area contributed by atoms with Crippen LogP contribution in [0.1, 0.15) is 25.2 Å². The van der Waals surface area contributed by atoms with Crippen molar-refractivity contribution in [1.82, 2.24) is 19.4 Å². The van der Waals surface area contributed by atoms with Gasteiger partial charge >= 0.3 is 0 Å². The highest BCUT2D eigenvalue weighted by Crippen LogP contribution is 2.34. The lowest BCUT2D eigenvalue weighted by molar-refractivity contribution is -0.125. The summed E-state index contributed by atoms with van der Waals surface area (Å²) in [5.74, 6) is 0.456. The molecule has 0 saturated carbocycles. The molecule has 1 saturated heterocycles. The molecule has 2 N–H and O–H groups in total. The number of hydrogen-bond acceptors (Lipinski definition) is 10. The second kappa shape index (κ2) is 21.7. The number of rotatable bonds is 9. The van der Waals surface area contributed by atoms with E-state index in [9.17, 15) is 20.1 Å². The number of hydrogen-bond donors (Lipinski definition) is 2. The molecule has 0 radical (unpaired) electrons. The van der Waals surface area contributed by atoms with Crippen LogP contribution in [0.2, 0.25) is 0 Å². The van der Waals surface area contributed by atoms with Gasteiger partial charge < -0.3 is 15.5 Å². The van der Waals surface area contributed by atoms with Crippen LogP contribution in [0.5, 0.6) is 0 Å². The summed E-state index contributed by atoms with van der Waals surface area (Å²) in [6.07, 6.45) is 6.67. The van der Waals surface area contributed by atoms with Crippen molar-refractivity contribution in [2.45, 2.75) is 20.4 Å². The molecule has 6 aromatic rings. The normalized spacial score (nSPS) is 13.6. The van der Waals surface area contributed by atoms with Crippen LogP contribution in [-0.2, 0) is 11.3 Å². The third kappa shape index (κ3) is 11.5. The molecule has 11 nitrogen and oxygen atoms in total. The molecule has 1 fully saturated rings. The van der Waals surface area contributed by atoms with Gasteiger partial charge in [0, 0.05) is 43.1 Å². The molecule has 3 aromatic carbocycles. The molecular weight excluding hydrogens is 751 g/mol. The predicted octanol–water partition coefficient (Wildman–Crippen LogP) is 7.22. The van der Waals surface area contributed by atoms with Gasteiger partial charge in [0.15, 0.2) is 0 Å². The molecule has 0 bridgehead atoms. The number of nitrogens with one attached hydrogen (secondary N) is 2. The van der Waals surface area contributed by atoms with E-state index in [0.29, 0.717) is 50.6 Å². The number of nitrogens with zero attached hydrogens (tertiary/aromatic N) is 7. The molecule has 13 heteroatoms. The predicted molar refractivity (Wildman–Crippen MR) is 232 cm³/mol. The monoisotopic (exact) mass is 789 g/mol. The Hall–Kier alpha value is -7.06. The van der Waals surface area contributed by atoms with Crippen LogP contribution in [-0.4, -0.2) is 44.0 Å². The highest BCUT2D eigenvalue weighted by atomic mass is 32.2. The van der Waals surface area contributed by atoms with Gasteiger partial charge in [0.05, 0.1) is 34.2 Å². The number of aromatic nitrogens is 3. The maximum atomic E-state index is 12.7. The number of aliphatic imine (C=N–C) groups is 1. The number of amides is 1. The highest BCUT2D eigenvalue weighted by Gasteiger charge is 2.29. The maximum absolute atomic E-state index is 12.7. The van der Waals surface area contributed by atoms with Crippen LogP contribution in [0.4, 0.5) is 17.1 Å². The van der Waals surface area contributed by atoms with Gasteiger partial charge in [-0.1, -0.05) is 78.5 Å². The lowest BCUT2D eigenvalue weighted by Gasteiger charge is -2.15. The van der Waals surface area contributed by atoms with Crippen LogP contribution in [0.3, 0.4) is 0 Å². The number of carbonyl (C=O) groups excluding carboxylic acids is 1. The summed E-state index contributed by atoms with van der Waals surface area (Å²) in [7, 11) is 0. The average Bonchev–Trinajstić information content (AvgIpc) is 3.80. The van der Waals surface area contributed by atoms with Crippen LogP contribution in [0.25, 0.3) is 17.3 Å². The first-order valence-electron chi connectivity index (χ1n) is 17.9. The SMILES string of the molecule is C(=Nc1ccccc1)Nc1ccccc1.CCN1C(=O)CSC1=C(C#N)c1ccccn1.CCn1c(=C(C#N)c2ccccn2)sc(=CNc2ccccc2)c1=O. The second-order valence-electron chi connectivity index (χ2n) is 11.7. The number of pyridine rings is 2. The van der Waals surface area contributed by atoms with Crippen LogP contribution in [0, 0.1) is 22.7 Å². The molecule has 1 aliphatic rings. The number of carbonyl (C=O) groups is 1. The van der Waals surface area contributed by atoms with Crippen molar-refractivity contribution >= 4 is 69.8 Å². The van der Waals surface area contributed by atoms with Crippen molar-refractivity contribution in [2.75, 3.05) is 22.9 Å². The van der Waals surface area contributed by atoms with Crippen molar-refractivity contribution in [3.8, 4) is 12.1 Å². The fraction of sp³-hybridized carbons (Fsp3) is 0.114. The molecule has 4 heterocycles. The molecule has 57 heavy (non-hydrogen) atoms. The van der Waals surface area contributed by atoms with Gasteiger partial charge in [-0.2, -0.15) is 10.5 Å². The molecule has 7 rings (SSSR count). The van der Waals surface area contributed by atoms with Crippen molar-refractivity contribution < 1.29 is 4.79 Å². The van der Waals surface area contributed by atoms with Crippen molar-refractivity contribution in [2.24, 2.45) is 4.99 Å². The van der Waals surface area contributed by atoms with E-state index >= 15 is 0 Å². The summed E-state index contributed by atoms with van der Waals surface area (Å²) in [4.78, 5) is 38.6. The van der Waals surface area contributed by atoms with E-state index < -0.39 is 0 Å². The number of thioether (sulfide) groups is 1. The van der Waals surface area contributed by atoms with E-state index in [4.69, 9.17) is 0 Å². The standard InChI is InChI=1S/C19H16N4OS.C13H12N2.C12H11N3OS/c1-2-23-18(24)17(13-22-14-8-4-3-5-9-14)25-19(23)15(12-20)16-10-6-7-11-21-16;1-3-7-12(8-4-1)14-11-15-13-9-5-2-6-10-13;1-2-15-11(16)8-17-12(15)9(7-13)10-5-3-4-6-14-10/h3-11,13,22H,2H2,1H3;1-11H,(H,14,15);3-6H,2,8H2,1H3. The minimum absolute atomic E-state index is 0.0520. The first kappa shape index (κ1) is 41.1. The Morgan fingerprint density at radius 1 is 0.737 bits per heavy atom. The Kier molecular flexibility index (Phi) is 15.7. The van der Waals surface area contributed by atoms with Crippen molar-refractivity contribution in [3.63, 3.8) is 0 Å². The molecule has 0 unspecified atom stereocenters. The lowest BCUT2D eigenvalue weighted by Crippen LogP contribution is -2.32. The van der Waals surface area contributed by atoms with Crippen LogP contribution >= 0.6 is 23.1 Å². The quantitative estimate of drug-likeness (QED) is 0.0879. The fourth-order valence-electron chi connectivity index (χ4n) is 5.28. The topological polar surface area (TPSA) is 152 Å². The Morgan fingerprint density at radius 2 is 1.28 bits per heavy atom. The Bertz CT molecular complexity index is 2550. The van der Waals surface area contributed by atoms with Crippen LogP contribution in [0.15, 0.2) is 155 Å². The van der Waals surface area contributed by atoms with Crippen LogP contribution < -0.4 is 25.4 Å². The van der Waals surface area contributed by atoms with Gasteiger partial charge in [-0.05, 0) is 74.5 Å². The number of allylic oxidation sites excluding steroid dienone is 1. The third-order valence-electron chi connectivity index (χ3n) is 8.03. The zero-order valence-corrected chi connectivity index (χ0v) is 33.0. The summed E-state index contributed by atoms with van der Waals surface area (Å²) in [6, 6.07) is 44.5. The van der Waals surface area contributed by atoms with E-state index in [1.807, 2.05) is 117 Å². The van der Waals surface area contributed by atoms with E-state index in [2.05, 4.69) is 37.7 Å². The second-order valence-corrected chi connectivity index (χ2v) is 13.7. The van der Waals surface area contributed by atoms with Gasteiger partial charge in [0.1, 0.15) is 32.5 Å². The minimum atomic E-state index is -0.116. The summed E-state index contributed by atoms with van der Waals surface area (Å²) >= 11 is 2.69. The largest absolute Gasteiger partial charge is 0.360 e. The van der Waals surface area contributed by atoms with Gasteiger partial charge in [-0.3, -0.25) is 24.1 Å². The lowest BCUT2D eigenvalue weighted by atomic mass is 10.2. The van der Waals surface area contributed by atoms with E-state index in [0.717, 1.165) is 22.1 Å². The Balaban J connectivity index is 0.000000170. The van der Waals surface area contributed by atoms with E-state index in [-0.39, 0.29) is 11.5 Å². The third-order valence-corrected chi connectivity index (χ3v) is 10.3. The summed E-state index contributed by atoms with van der Waals surface area (Å²) in [5, 5.41) is 25.8. The van der Waals surface area contributed by atoms with Gasteiger partial charge in [-0.15, -0.1) is 11.3 Å². The zero-order valence-electron chi connectivity index (χ0n) is 31.3. The number of anilines is 2. The molecule has 0 atom stereocenters. The molecule has 3 aromatic heterocycles. The molecule has 284 valence electrons. The van der Waals surface area contributed by atoms with Gasteiger partial charge in [-0.25, -0.2) is 4.99 Å². The Labute approximate surface area is 339 Å². The first-order valence-corrected chi connectivity index (χ1v) is 19.7. The summed E-state index contributed by atoms with van der Waals surface area (Å²) < 4.78 is 2.77. The number of para-hydroxylation sites is 3.